The summed E-state index contributed by atoms with van der Waals surface area (Å²) in [6.07, 6.45) is 6.88. The van der Waals surface area contributed by atoms with Crippen LogP contribution in [0.15, 0.2) is 42.5 Å². The van der Waals surface area contributed by atoms with Crippen molar-refractivity contribution in [1.29, 1.82) is 0 Å². The number of alkyl carbamates (subject to hydrolysis) is 1. The van der Waals surface area contributed by atoms with Crippen molar-refractivity contribution >= 4 is 17.9 Å². The molecule has 0 bridgehead atoms. The number of para-hydroxylation sites is 1. The van der Waals surface area contributed by atoms with Crippen molar-refractivity contribution in [3.05, 3.63) is 59.2 Å². The van der Waals surface area contributed by atoms with Gasteiger partial charge in [0.2, 0.25) is 11.8 Å². The van der Waals surface area contributed by atoms with Gasteiger partial charge in [0.25, 0.3) is 0 Å². The van der Waals surface area contributed by atoms with Crippen LogP contribution in [0.4, 0.5) is 4.79 Å². The number of aromatic hydroxyl groups is 2. The summed E-state index contributed by atoms with van der Waals surface area (Å²) < 4.78 is 5.50. The van der Waals surface area contributed by atoms with Gasteiger partial charge in [0.05, 0.1) is 0 Å². The third-order valence-electron chi connectivity index (χ3n) is 7.35. The molecule has 44 heavy (non-hydrogen) atoms. The molecule has 0 aliphatic rings. The minimum absolute atomic E-state index is 0.0425. The third kappa shape index (κ3) is 12.1. The summed E-state index contributed by atoms with van der Waals surface area (Å²) in [4.78, 5) is 42.9. The van der Waals surface area contributed by atoms with E-state index >= 15 is 0 Å². The molecule has 0 fully saturated rings. The predicted molar refractivity (Wildman–Crippen MR) is 174 cm³/mol. The van der Waals surface area contributed by atoms with Crippen molar-refractivity contribution in [2.45, 2.75) is 117 Å². The van der Waals surface area contributed by atoms with Gasteiger partial charge in [-0.1, -0.05) is 82.7 Å². The van der Waals surface area contributed by atoms with Crippen LogP contribution in [0.25, 0.3) is 0 Å². The Kier molecular flexibility index (Phi) is 15.0. The number of hydrogen-bond donors (Lipinski definition) is 4. The van der Waals surface area contributed by atoms with Crippen molar-refractivity contribution in [3.8, 4) is 11.5 Å². The monoisotopic (exact) mass is 611 g/mol. The molecular weight excluding hydrogens is 558 g/mol. The molecule has 3 amide bonds. The lowest BCUT2D eigenvalue weighted by Crippen LogP contribution is -2.54. The lowest BCUT2D eigenvalue weighted by atomic mass is 9.97. The Bertz CT molecular complexity index is 1190. The standard InChI is InChI=1S/C35H53N3O6/c1-7-9-11-12-13-14-23-38(30(32(41)36-22-10-8-2)28-17-15-16-25(3)31(28)40)33(42)29(37-34(43)44-35(4,5)6)24-26-18-20-27(39)21-19-26/h15-21,29-30,39-40H,7-14,22-24H2,1-6H3,(H,36,41)(H,37,43). The number of nitrogens with one attached hydrogen (secondary N) is 2. The van der Waals surface area contributed by atoms with Gasteiger partial charge in [-0.3, -0.25) is 9.59 Å². The van der Waals surface area contributed by atoms with Gasteiger partial charge in [0.15, 0.2) is 0 Å². The highest BCUT2D eigenvalue weighted by Crippen LogP contribution is 2.33. The lowest BCUT2D eigenvalue weighted by Gasteiger charge is -2.35. The number of carbonyl (C=O) groups excluding carboxylic acids is 3. The topological polar surface area (TPSA) is 128 Å². The van der Waals surface area contributed by atoms with Gasteiger partial charge in [0, 0.05) is 25.1 Å². The van der Waals surface area contributed by atoms with Crippen molar-refractivity contribution in [2.24, 2.45) is 0 Å². The Morgan fingerprint density at radius 1 is 0.886 bits per heavy atom. The lowest BCUT2D eigenvalue weighted by molar-refractivity contribution is -0.142. The van der Waals surface area contributed by atoms with Gasteiger partial charge < -0.3 is 30.5 Å². The van der Waals surface area contributed by atoms with Crippen molar-refractivity contribution < 1.29 is 29.3 Å². The number of carbonyl (C=O) groups is 3. The molecule has 0 radical (unpaired) electrons. The second kappa shape index (κ2) is 18.1. The molecule has 0 heterocycles. The number of phenols is 2. The number of amides is 3. The van der Waals surface area contributed by atoms with Crippen molar-refractivity contribution in [3.63, 3.8) is 0 Å². The summed E-state index contributed by atoms with van der Waals surface area (Å²) in [6, 6.07) is 9.41. The number of aryl methyl sites for hydroxylation is 1. The van der Waals surface area contributed by atoms with Crippen LogP contribution in [0.3, 0.4) is 0 Å². The molecule has 2 unspecified atom stereocenters. The third-order valence-corrected chi connectivity index (χ3v) is 7.35. The number of rotatable bonds is 17. The summed E-state index contributed by atoms with van der Waals surface area (Å²) >= 11 is 0. The van der Waals surface area contributed by atoms with E-state index in [9.17, 15) is 24.6 Å². The molecule has 2 aromatic rings. The van der Waals surface area contributed by atoms with Crippen LogP contribution >= 0.6 is 0 Å². The SMILES string of the molecule is CCCCCCCCN(C(=O)C(Cc1ccc(O)cc1)NC(=O)OC(C)(C)C)C(C(=O)NCCCC)c1cccc(C)c1O. The van der Waals surface area contributed by atoms with Gasteiger partial charge in [0.1, 0.15) is 29.2 Å². The smallest absolute Gasteiger partial charge is 0.408 e. The highest BCUT2D eigenvalue weighted by Gasteiger charge is 2.37. The zero-order chi connectivity index (χ0) is 32.7. The van der Waals surface area contributed by atoms with Crippen LogP contribution in [0.5, 0.6) is 11.5 Å². The van der Waals surface area contributed by atoms with Gasteiger partial charge in [-0.05, 0) is 63.8 Å². The maximum Gasteiger partial charge on any atom is 0.408 e. The van der Waals surface area contributed by atoms with E-state index in [1.807, 2.05) is 6.92 Å². The Morgan fingerprint density at radius 2 is 1.52 bits per heavy atom. The molecule has 9 nitrogen and oxygen atoms in total. The fraction of sp³-hybridized carbons (Fsp3) is 0.571. The van der Waals surface area contributed by atoms with Gasteiger partial charge in [-0.2, -0.15) is 0 Å². The normalized spacial score (nSPS) is 12.7. The van der Waals surface area contributed by atoms with E-state index in [2.05, 4.69) is 17.6 Å². The van der Waals surface area contributed by atoms with Crippen molar-refractivity contribution in [1.82, 2.24) is 15.5 Å². The van der Waals surface area contributed by atoms with Crippen molar-refractivity contribution in [2.75, 3.05) is 13.1 Å². The molecule has 2 rings (SSSR count). The van der Waals surface area contributed by atoms with Crippen LogP contribution in [0, 0.1) is 6.92 Å². The Hall–Kier alpha value is -3.75. The molecular formula is C35H53N3O6. The van der Waals surface area contributed by atoms with Gasteiger partial charge >= 0.3 is 6.09 Å². The van der Waals surface area contributed by atoms with Crippen LogP contribution in [0.1, 0.15) is 109 Å². The number of unbranched alkanes of at least 4 members (excludes halogenated alkanes) is 6. The maximum absolute atomic E-state index is 14.6. The van der Waals surface area contributed by atoms with E-state index in [4.69, 9.17) is 4.74 Å². The van der Waals surface area contributed by atoms with Crippen LogP contribution in [-0.2, 0) is 20.7 Å². The number of hydrogen-bond acceptors (Lipinski definition) is 6. The first-order valence-electron chi connectivity index (χ1n) is 16.0. The molecule has 2 aromatic carbocycles. The molecule has 0 spiro atoms. The van der Waals surface area contributed by atoms with E-state index in [1.54, 1.807) is 58.0 Å². The average molecular weight is 612 g/mol. The largest absolute Gasteiger partial charge is 0.508 e. The first-order chi connectivity index (χ1) is 20.9. The van der Waals surface area contributed by atoms with E-state index in [0.29, 0.717) is 29.7 Å². The van der Waals surface area contributed by atoms with Crippen LogP contribution in [-0.4, -0.2) is 57.8 Å². The maximum atomic E-state index is 14.6. The minimum Gasteiger partial charge on any atom is -0.508 e. The van der Waals surface area contributed by atoms with E-state index in [1.165, 1.54) is 17.0 Å². The Morgan fingerprint density at radius 3 is 2.16 bits per heavy atom. The summed E-state index contributed by atoms with van der Waals surface area (Å²) in [5.74, 6) is -0.812. The molecule has 0 aliphatic heterocycles. The molecule has 244 valence electrons. The second-order valence-electron chi connectivity index (χ2n) is 12.4. The molecule has 0 aromatic heterocycles. The number of benzene rings is 2. The molecule has 2 atom stereocenters. The highest BCUT2D eigenvalue weighted by atomic mass is 16.6. The van der Waals surface area contributed by atoms with E-state index in [-0.39, 0.29) is 30.4 Å². The zero-order valence-corrected chi connectivity index (χ0v) is 27.4. The molecule has 4 N–H and O–H groups in total. The first-order valence-corrected chi connectivity index (χ1v) is 16.0. The Labute approximate surface area is 263 Å². The summed E-state index contributed by atoms with van der Waals surface area (Å²) in [5.41, 5.74) is 0.843. The van der Waals surface area contributed by atoms with E-state index in [0.717, 1.165) is 44.9 Å². The number of phenolic OH excluding ortho intramolecular Hbond substituents is 2. The summed E-state index contributed by atoms with van der Waals surface area (Å²) in [5, 5.41) is 26.6. The molecule has 9 heteroatoms. The molecule has 0 aliphatic carbocycles. The fourth-order valence-corrected chi connectivity index (χ4v) is 4.98. The molecule has 0 saturated heterocycles. The summed E-state index contributed by atoms with van der Waals surface area (Å²) in [6.45, 7) is 11.9. The average Bonchev–Trinajstić information content (AvgIpc) is 2.95. The number of nitrogens with zero attached hydrogens (tertiary/aromatic N) is 1. The number of ether oxygens (including phenoxy) is 1. The predicted octanol–water partition coefficient (Wildman–Crippen LogP) is 6.69. The quantitative estimate of drug-likeness (QED) is 0.148. The first kappa shape index (κ1) is 36.4. The zero-order valence-electron chi connectivity index (χ0n) is 27.4. The van der Waals surface area contributed by atoms with Gasteiger partial charge in [-0.25, -0.2) is 4.79 Å². The van der Waals surface area contributed by atoms with Crippen LogP contribution < -0.4 is 10.6 Å². The second-order valence-corrected chi connectivity index (χ2v) is 12.4. The molecule has 0 saturated carbocycles. The van der Waals surface area contributed by atoms with Gasteiger partial charge in [-0.15, -0.1) is 0 Å². The van der Waals surface area contributed by atoms with Crippen LogP contribution in [0.2, 0.25) is 0 Å². The summed E-state index contributed by atoms with van der Waals surface area (Å²) in [7, 11) is 0. The van der Waals surface area contributed by atoms with E-state index < -0.39 is 29.7 Å². The highest BCUT2D eigenvalue weighted by molar-refractivity contribution is 5.92. The Balaban J connectivity index is 2.57. The fourth-order valence-electron chi connectivity index (χ4n) is 4.98. The minimum atomic E-state index is -1.11.